The van der Waals surface area contributed by atoms with E-state index in [1.54, 1.807) is 20.8 Å². The van der Waals surface area contributed by atoms with Crippen molar-refractivity contribution < 1.29 is 23.1 Å². The third-order valence-corrected chi connectivity index (χ3v) is 1.77. The summed E-state index contributed by atoms with van der Waals surface area (Å²) in [6, 6.07) is 0. The van der Waals surface area contributed by atoms with Gasteiger partial charge < -0.3 is 10.0 Å². The molecule has 1 N–H and O–H groups in total. The topological polar surface area (TPSA) is 40.5 Å². The summed E-state index contributed by atoms with van der Waals surface area (Å²) < 4.78 is 36.4. The number of hydrogen-bond donors (Lipinski definition) is 1. The van der Waals surface area contributed by atoms with E-state index >= 15 is 0 Å². The number of amides is 1. The lowest BCUT2D eigenvalue weighted by Gasteiger charge is -2.26. The fraction of sp³-hybridized carbons (Fsp3) is 0.900. The molecule has 16 heavy (non-hydrogen) atoms. The minimum absolute atomic E-state index is 0.0308. The molecule has 3 nitrogen and oxygen atoms in total. The molecule has 1 amide bonds. The maximum absolute atomic E-state index is 12.1. The van der Waals surface area contributed by atoms with E-state index in [-0.39, 0.29) is 18.4 Å². The Hall–Kier alpha value is -0.780. The molecule has 0 heterocycles. The Balaban J connectivity index is 4.47. The molecule has 6 heteroatoms. The Morgan fingerprint density at radius 3 is 2.06 bits per heavy atom. The summed E-state index contributed by atoms with van der Waals surface area (Å²) in [5.41, 5.74) is -0.365. The minimum atomic E-state index is -4.43. The first-order valence-corrected chi connectivity index (χ1v) is 5.00. The van der Waals surface area contributed by atoms with Gasteiger partial charge in [-0.3, -0.25) is 4.79 Å². The third-order valence-electron chi connectivity index (χ3n) is 1.77. The van der Waals surface area contributed by atoms with Gasteiger partial charge in [-0.1, -0.05) is 20.8 Å². The van der Waals surface area contributed by atoms with Gasteiger partial charge in [-0.25, -0.2) is 0 Å². The van der Waals surface area contributed by atoms with Gasteiger partial charge in [0, 0.05) is 13.0 Å². The lowest BCUT2D eigenvalue weighted by Crippen LogP contribution is -2.41. The Morgan fingerprint density at radius 2 is 1.75 bits per heavy atom. The van der Waals surface area contributed by atoms with Gasteiger partial charge in [-0.2, -0.15) is 13.2 Å². The molecule has 0 rings (SSSR count). The van der Waals surface area contributed by atoms with Gasteiger partial charge in [-0.05, 0) is 5.41 Å². The number of nitrogens with zero attached hydrogens (tertiary/aromatic N) is 1. The molecular weight excluding hydrogens is 223 g/mol. The molecule has 0 saturated carbocycles. The highest BCUT2D eigenvalue weighted by Crippen LogP contribution is 2.22. The standard InChI is InChI=1S/C10H18F3NO2/c1-9(2,3)6-8(16)14(4-5-15)7-10(11,12)13/h15H,4-7H2,1-3H3. The van der Waals surface area contributed by atoms with Crippen LogP contribution in [0.3, 0.4) is 0 Å². The van der Waals surface area contributed by atoms with Crippen molar-refractivity contribution in [1.29, 1.82) is 0 Å². The zero-order valence-electron chi connectivity index (χ0n) is 9.76. The third kappa shape index (κ3) is 7.50. The van der Waals surface area contributed by atoms with Gasteiger partial charge >= 0.3 is 6.18 Å². The highest BCUT2D eigenvalue weighted by Gasteiger charge is 2.33. The van der Waals surface area contributed by atoms with Gasteiger partial charge in [0.2, 0.25) is 5.91 Å². The average Bonchev–Trinajstić information content (AvgIpc) is 1.97. The Bertz CT molecular complexity index is 233. The van der Waals surface area contributed by atoms with E-state index in [1.807, 2.05) is 0 Å². The van der Waals surface area contributed by atoms with Crippen LogP contribution in [-0.2, 0) is 4.79 Å². The number of hydrogen-bond acceptors (Lipinski definition) is 2. The summed E-state index contributed by atoms with van der Waals surface area (Å²) in [7, 11) is 0. The van der Waals surface area contributed by atoms with Crippen LogP contribution in [0.1, 0.15) is 27.2 Å². The van der Waals surface area contributed by atoms with E-state index in [9.17, 15) is 18.0 Å². The van der Waals surface area contributed by atoms with Crippen LogP contribution in [0.4, 0.5) is 13.2 Å². The molecule has 0 aromatic rings. The van der Waals surface area contributed by atoms with E-state index in [1.165, 1.54) is 0 Å². The molecule has 0 aliphatic heterocycles. The lowest BCUT2D eigenvalue weighted by molar-refractivity contribution is -0.163. The second kappa shape index (κ2) is 5.52. The molecule has 96 valence electrons. The molecule has 0 atom stereocenters. The first kappa shape index (κ1) is 15.2. The van der Waals surface area contributed by atoms with Crippen LogP contribution < -0.4 is 0 Å². The largest absolute Gasteiger partial charge is 0.406 e. The van der Waals surface area contributed by atoms with E-state index in [0.717, 1.165) is 0 Å². The summed E-state index contributed by atoms with van der Waals surface area (Å²) in [5, 5.41) is 8.62. The molecule has 0 radical (unpaired) electrons. The van der Waals surface area contributed by atoms with Crippen molar-refractivity contribution in [1.82, 2.24) is 4.90 Å². The van der Waals surface area contributed by atoms with Gasteiger partial charge in [0.25, 0.3) is 0 Å². The number of alkyl halides is 3. The highest BCUT2D eigenvalue weighted by atomic mass is 19.4. The van der Waals surface area contributed by atoms with Crippen LogP contribution in [-0.4, -0.2) is 41.8 Å². The second-order valence-corrected chi connectivity index (χ2v) is 4.89. The maximum Gasteiger partial charge on any atom is 0.406 e. The molecule has 0 aliphatic carbocycles. The van der Waals surface area contributed by atoms with Gasteiger partial charge in [0.05, 0.1) is 6.61 Å². The normalized spacial score (nSPS) is 12.7. The molecule has 0 unspecified atom stereocenters. The van der Waals surface area contributed by atoms with Crippen molar-refractivity contribution >= 4 is 5.91 Å². The van der Waals surface area contributed by atoms with E-state index in [2.05, 4.69) is 0 Å². The first-order valence-electron chi connectivity index (χ1n) is 5.00. The van der Waals surface area contributed by atoms with E-state index in [4.69, 9.17) is 5.11 Å². The molecule has 0 saturated heterocycles. The summed E-state index contributed by atoms with van der Waals surface area (Å²) in [5.74, 6) is -0.584. The van der Waals surface area contributed by atoms with Crippen molar-refractivity contribution in [3.05, 3.63) is 0 Å². The number of halogens is 3. The highest BCUT2D eigenvalue weighted by molar-refractivity contribution is 5.76. The van der Waals surface area contributed by atoms with Crippen LogP contribution in [0.2, 0.25) is 0 Å². The van der Waals surface area contributed by atoms with Crippen LogP contribution in [0.5, 0.6) is 0 Å². The monoisotopic (exact) mass is 241 g/mol. The van der Waals surface area contributed by atoms with Gasteiger partial charge in [0.15, 0.2) is 0 Å². The smallest absolute Gasteiger partial charge is 0.395 e. The number of aliphatic hydroxyl groups is 1. The van der Waals surface area contributed by atoms with Crippen molar-refractivity contribution in [3.8, 4) is 0 Å². The first-order chi connectivity index (χ1) is 7.05. The predicted octanol–water partition coefficient (Wildman–Crippen LogP) is 1.81. The van der Waals surface area contributed by atoms with Gasteiger partial charge in [0.1, 0.15) is 6.54 Å². The molecule has 0 bridgehead atoms. The summed E-state index contributed by atoms with van der Waals surface area (Å²) in [6.45, 7) is 3.27. The Morgan fingerprint density at radius 1 is 1.25 bits per heavy atom. The predicted molar refractivity (Wildman–Crippen MR) is 53.8 cm³/mol. The lowest BCUT2D eigenvalue weighted by atomic mass is 9.91. The van der Waals surface area contributed by atoms with E-state index < -0.39 is 25.2 Å². The van der Waals surface area contributed by atoms with Crippen LogP contribution >= 0.6 is 0 Å². The summed E-state index contributed by atoms with van der Waals surface area (Å²) >= 11 is 0. The number of rotatable bonds is 4. The Kier molecular flexibility index (Phi) is 5.25. The number of carbonyl (C=O) groups is 1. The van der Waals surface area contributed by atoms with Crippen molar-refractivity contribution in [2.75, 3.05) is 19.7 Å². The second-order valence-electron chi connectivity index (χ2n) is 4.89. The molecular formula is C10H18F3NO2. The molecule has 0 aromatic heterocycles. The van der Waals surface area contributed by atoms with Crippen LogP contribution in [0.25, 0.3) is 0 Å². The number of carbonyl (C=O) groups excluding carboxylic acids is 1. The average molecular weight is 241 g/mol. The van der Waals surface area contributed by atoms with E-state index in [0.29, 0.717) is 4.90 Å². The van der Waals surface area contributed by atoms with Crippen molar-refractivity contribution in [2.45, 2.75) is 33.4 Å². The molecule has 0 spiro atoms. The van der Waals surface area contributed by atoms with Crippen LogP contribution in [0, 0.1) is 5.41 Å². The molecule has 0 aliphatic rings. The van der Waals surface area contributed by atoms with Crippen molar-refractivity contribution in [3.63, 3.8) is 0 Å². The Labute approximate surface area is 93.2 Å². The minimum Gasteiger partial charge on any atom is -0.395 e. The molecule has 0 aromatic carbocycles. The number of aliphatic hydroxyl groups excluding tert-OH is 1. The van der Waals surface area contributed by atoms with Crippen LogP contribution in [0.15, 0.2) is 0 Å². The van der Waals surface area contributed by atoms with Crippen molar-refractivity contribution in [2.24, 2.45) is 5.41 Å². The quantitative estimate of drug-likeness (QED) is 0.815. The summed E-state index contributed by atoms with van der Waals surface area (Å²) in [6.07, 6.45) is -4.40. The zero-order valence-corrected chi connectivity index (χ0v) is 9.76. The SMILES string of the molecule is CC(C)(C)CC(=O)N(CCO)CC(F)(F)F. The maximum atomic E-state index is 12.1. The zero-order chi connectivity index (χ0) is 13.0. The molecule has 0 fully saturated rings. The fourth-order valence-electron chi connectivity index (χ4n) is 1.19. The fourth-order valence-corrected chi connectivity index (χ4v) is 1.19. The van der Waals surface area contributed by atoms with Gasteiger partial charge in [-0.15, -0.1) is 0 Å². The summed E-state index contributed by atoms with van der Waals surface area (Å²) in [4.78, 5) is 12.2.